The van der Waals surface area contributed by atoms with Crippen LogP contribution in [0.3, 0.4) is 0 Å². The molecule has 0 spiro atoms. The molecular formula is C15H28O. The first-order valence-electron chi connectivity index (χ1n) is 6.94. The maximum absolute atomic E-state index is 12.3. The minimum atomic E-state index is 0.207. The molecule has 1 fully saturated rings. The highest BCUT2D eigenvalue weighted by molar-refractivity contribution is 5.83. The van der Waals surface area contributed by atoms with Crippen molar-refractivity contribution in [2.24, 2.45) is 23.2 Å². The van der Waals surface area contributed by atoms with Crippen LogP contribution in [0.1, 0.15) is 66.7 Å². The maximum Gasteiger partial charge on any atom is 0.138 e. The van der Waals surface area contributed by atoms with Gasteiger partial charge in [-0.25, -0.2) is 0 Å². The Hall–Kier alpha value is -0.330. The van der Waals surface area contributed by atoms with Crippen molar-refractivity contribution in [2.45, 2.75) is 66.7 Å². The van der Waals surface area contributed by atoms with E-state index >= 15 is 0 Å². The molecule has 0 amide bonds. The molecule has 0 saturated heterocycles. The number of hydrogen-bond donors (Lipinski definition) is 0. The van der Waals surface area contributed by atoms with E-state index in [1.165, 1.54) is 25.7 Å². The summed E-state index contributed by atoms with van der Waals surface area (Å²) in [6.45, 7) is 11.0. The Morgan fingerprint density at radius 1 is 1.25 bits per heavy atom. The fraction of sp³-hybridized carbons (Fsp3) is 0.933. The Morgan fingerprint density at radius 2 is 1.81 bits per heavy atom. The Balaban J connectivity index is 2.83. The van der Waals surface area contributed by atoms with Gasteiger partial charge in [-0.05, 0) is 24.2 Å². The molecule has 0 heterocycles. The molecular weight excluding hydrogens is 196 g/mol. The van der Waals surface area contributed by atoms with E-state index in [2.05, 4.69) is 20.8 Å². The van der Waals surface area contributed by atoms with Crippen molar-refractivity contribution in [3.8, 4) is 0 Å². The van der Waals surface area contributed by atoms with Crippen molar-refractivity contribution < 1.29 is 4.79 Å². The fourth-order valence-corrected chi connectivity index (χ4v) is 3.10. The summed E-state index contributed by atoms with van der Waals surface area (Å²) in [7, 11) is 0. The van der Waals surface area contributed by atoms with Gasteiger partial charge in [-0.2, -0.15) is 0 Å². The summed E-state index contributed by atoms with van der Waals surface area (Å²) in [6, 6.07) is 0. The Kier molecular flexibility index (Phi) is 4.58. The van der Waals surface area contributed by atoms with E-state index in [-0.39, 0.29) is 5.92 Å². The first-order valence-corrected chi connectivity index (χ1v) is 6.94. The molecule has 0 aromatic carbocycles. The third-order valence-electron chi connectivity index (χ3n) is 4.62. The zero-order chi connectivity index (χ0) is 12.3. The quantitative estimate of drug-likeness (QED) is 0.689. The van der Waals surface area contributed by atoms with Crippen LogP contribution >= 0.6 is 0 Å². The molecule has 1 aliphatic carbocycles. The number of Topliss-reactive ketones (excluding diaryl/α,β-unsaturated/α-hetero) is 1. The van der Waals surface area contributed by atoms with Crippen molar-refractivity contribution in [2.75, 3.05) is 0 Å². The van der Waals surface area contributed by atoms with E-state index in [1.54, 1.807) is 0 Å². The molecule has 1 rings (SSSR count). The van der Waals surface area contributed by atoms with Crippen molar-refractivity contribution >= 4 is 5.78 Å². The molecule has 0 aromatic heterocycles. The van der Waals surface area contributed by atoms with E-state index in [1.807, 2.05) is 13.8 Å². The highest BCUT2D eigenvalue weighted by Crippen LogP contribution is 2.44. The first-order chi connectivity index (χ1) is 7.40. The van der Waals surface area contributed by atoms with Gasteiger partial charge in [-0.15, -0.1) is 0 Å². The minimum absolute atomic E-state index is 0.207. The van der Waals surface area contributed by atoms with Gasteiger partial charge in [0.05, 0.1) is 0 Å². The van der Waals surface area contributed by atoms with Gasteiger partial charge in [-0.1, -0.05) is 53.9 Å². The highest BCUT2D eigenvalue weighted by atomic mass is 16.1. The van der Waals surface area contributed by atoms with Gasteiger partial charge < -0.3 is 0 Å². The average molecular weight is 224 g/mol. The second-order valence-electron chi connectivity index (χ2n) is 6.40. The molecule has 1 nitrogen and oxygen atoms in total. The van der Waals surface area contributed by atoms with E-state index in [9.17, 15) is 4.79 Å². The molecule has 1 heteroatoms. The van der Waals surface area contributed by atoms with Gasteiger partial charge >= 0.3 is 0 Å². The standard InChI is InChI=1S/C15H28O/c1-6-15(4,5)13-10-8-7-9-12(13)14(16)11(2)3/h11-13H,6-10H2,1-5H3. The molecule has 0 aliphatic heterocycles. The number of ketones is 1. The largest absolute Gasteiger partial charge is 0.299 e. The highest BCUT2D eigenvalue weighted by Gasteiger charge is 2.39. The second-order valence-corrected chi connectivity index (χ2v) is 6.40. The van der Waals surface area contributed by atoms with Crippen LogP contribution in [0, 0.1) is 23.2 Å². The maximum atomic E-state index is 12.3. The summed E-state index contributed by atoms with van der Waals surface area (Å²) in [5, 5.41) is 0. The SMILES string of the molecule is CCC(C)(C)C1CCCCC1C(=O)C(C)C. The summed E-state index contributed by atoms with van der Waals surface area (Å²) in [5.74, 6) is 1.66. The predicted molar refractivity (Wildman–Crippen MR) is 69.4 cm³/mol. The molecule has 2 atom stereocenters. The predicted octanol–water partition coefficient (Wildman–Crippen LogP) is 4.45. The van der Waals surface area contributed by atoms with Crippen LogP contribution in [0.15, 0.2) is 0 Å². The van der Waals surface area contributed by atoms with E-state index in [4.69, 9.17) is 0 Å². The van der Waals surface area contributed by atoms with Crippen LogP contribution in [-0.4, -0.2) is 5.78 Å². The summed E-state index contributed by atoms with van der Waals surface area (Å²) in [5.41, 5.74) is 0.329. The van der Waals surface area contributed by atoms with Gasteiger partial charge in [0.2, 0.25) is 0 Å². The lowest BCUT2D eigenvalue weighted by Gasteiger charge is -2.42. The number of rotatable bonds is 4. The third kappa shape index (κ3) is 2.87. The van der Waals surface area contributed by atoms with Crippen LogP contribution in [0.2, 0.25) is 0 Å². The van der Waals surface area contributed by atoms with Gasteiger partial charge in [-0.3, -0.25) is 4.79 Å². The zero-order valence-corrected chi connectivity index (χ0v) is 11.7. The van der Waals surface area contributed by atoms with Gasteiger partial charge in [0.25, 0.3) is 0 Å². The molecule has 0 radical (unpaired) electrons. The van der Waals surface area contributed by atoms with E-state index in [0.29, 0.717) is 23.0 Å². The molecule has 0 aromatic rings. The molecule has 94 valence electrons. The van der Waals surface area contributed by atoms with E-state index < -0.39 is 0 Å². The average Bonchev–Trinajstić information content (AvgIpc) is 2.28. The Morgan fingerprint density at radius 3 is 2.31 bits per heavy atom. The molecule has 1 aliphatic rings. The number of carbonyl (C=O) groups excluding carboxylic acids is 1. The summed E-state index contributed by atoms with van der Waals surface area (Å²) in [4.78, 5) is 12.3. The summed E-state index contributed by atoms with van der Waals surface area (Å²) in [6.07, 6.45) is 6.13. The molecule has 16 heavy (non-hydrogen) atoms. The smallest absolute Gasteiger partial charge is 0.138 e. The lowest BCUT2D eigenvalue weighted by atomic mass is 9.62. The Labute approximate surface area is 101 Å². The third-order valence-corrected chi connectivity index (χ3v) is 4.62. The molecule has 1 saturated carbocycles. The van der Waals surface area contributed by atoms with Gasteiger partial charge in [0.15, 0.2) is 0 Å². The monoisotopic (exact) mass is 224 g/mol. The van der Waals surface area contributed by atoms with Gasteiger partial charge in [0.1, 0.15) is 5.78 Å². The number of carbonyl (C=O) groups is 1. The van der Waals surface area contributed by atoms with Crippen LogP contribution in [0.25, 0.3) is 0 Å². The van der Waals surface area contributed by atoms with Crippen molar-refractivity contribution in [1.82, 2.24) is 0 Å². The van der Waals surface area contributed by atoms with E-state index in [0.717, 1.165) is 6.42 Å². The first kappa shape index (κ1) is 13.7. The lowest BCUT2D eigenvalue weighted by Crippen LogP contribution is -2.38. The van der Waals surface area contributed by atoms with Gasteiger partial charge in [0, 0.05) is 11.8 Å². The van der Waals surface area contributed by atoms with Crippen molar-refractivity contribution in [1.29, 1.82) is 0 Å². The van der Waals surface area contributed by atoms with Crippen molar-refractivity contribution in [3.05, 3.63) is 0 Å². The fourth-order valence-electron chi connectivity index (χ4n) is 3.10. The number of hydrogen-bond acceptors (Lipinski definition) is 1. The molecule has 0 bridgehead atoms. The second kappa shape index (κ2) is 5.33. The molecule has 0 N–H and O–H groups in total. The lowest BCUT2D eigenvalue weighted by molar-refractivity contribution is -0.130. The minimum Gasteiger partial charge on any atom is -0.299 e. The van der Waals surface area contributed by atoms with Crippen LogP contribution < -0.4 is 0 Å². The van der Waals surface area contributed by atoms with Crippen LogP contribution in [-0.2, 0) is 4.79 Å². The van der Waals surface area contributed by atoms with Crippen LogP contribution in [0.5, 0.6) is 0 Å². The molecule has 2 unspecified atom stereocenters. The summed E-state index contributed by atoms with van der Waals surface area (Å²) >= 11 is 0. The topological polar surface area (TPSA) is 17.1 Å². The zero-order valence-electron chi connectivity index (χ0n) is 11.7. The normalized spacial score (nSPS) is 27.1. The van der Waals surface area contributed by atoms with Crippen molar-refractivity contribution in [3.63, 3.8) is 0 Å². The Bertz CT molecular complexity index is 240. The summed E-state index contributed by atoms with van der Waals surface area (Å²) < 4.78 is 0. The van der Waals surface area contributed by atoms with Crippen LogP contribution in [0.4, 0.5) is 0 Å².